The maximum Gasteiger partial charge on any atom is 0.145 e. The van der Waals surface area contributed by atoms with Crippen molar-refractivity contribution in [3.63, 3.8) is 0 Å². The van der Waals surface area contributed by atoms with Gasteiger partial charge in [-0.05, 0) is 25.2 Å². The zero-order valence-corrected chi connectivity index (χ0v) is 13.6. The number of amidine groups is 1. The Hall–Kier alpha value is -2.34. The lowest BCUT2D eigenvalue weighted by Gasteiger charge is -2.24. The van der Waals surface area contributed by atoms with Gasteiger partial charge in [-0.25, -0.2) is 4.98 Å². The van der Waals surface area contributed by atoms with E-state index in [1.54, 1.807) is 0 Å². The number of likely N-dealkylation sites (N-methyl/N-ethyl adjacent to an activating group) is 1. The van der Waals surface area contributed by atoms with Gasteiger partial charge in [0, 0.05) is 13.1 Å². The van der Waals surface area contributed by atoms with Gasteiger partial charge in [0.2, 0.25) is 0 Å². The molecule has 0 bridgehead atoms. The first-order valence-corrected chi connectivity index (χ1v) is 8.07. The van der Waals surface area contributed by atoms with Gasteiger partial charge >= 0.3 is 0 Å². The Morgan fingerprint density at radius 1 is 1.30 bits per heavy atom. The van der Waals surface area contributed by atoms with Crippen LogP contribution in [0.4, 0.5) is 0 Å². The Kier molecular flexibility index (Phi) is 4.34. The molecular formula is C17H23N5O. The van der Waals surface area contributed by atoms with Gasteiger partial charge in [0.1, 0.15) is 17.4 Å². The third kappa shape index (κ3) is 2.94. The Morgan fingerprint density at radius 3 is 2.74 bits per heavy atom. The maximum absolute atomic E-state index is 10.3. The van der Waals surface area contributed by atoms with Gasteiger partial charge in [-0.1, -0.05) is 26.0 Å². The van der Waals surface area contributed by atoms with Crippen LogP contribution in [0.25, 0.3) is 16.6 Å². The minimum Gasteiger partial charge on any atom is -0.510 e. The Balaban J connectivity index is 1.78. The third-order valence-corrected chi connectivity index (χ3v) is 4.39. The molecule has 0 saturated carbocycles. The summed E-state index contributed by atoms with van der Waals surface area (Å²) in [6, 6.07) is 7.73. The van der Waals surface area contributed by atoms with Gasteiger partial charge in [0.05, 0.1) is 23.2 Å². The second-order valence-electron chi connectivity index (χ2n) is 5.72. The van der Waals surface area contributed by atoms with E-state index in [1.165, 1.54) is 0 Å². The molecule has 1 aromatic carbocycles. The summed E-state index contributed by atoms with van der Waals surface area (Å²) >= 11 is 0. The van der Waals surface area contributed by atoms with E-state index in [9.17, 15) is 5.11 Å². The second-order valence-corrected chi connectivity index (χ2v) is 5.72. The quantitative estimate of drug-likeness (QED) is 0.765. The molecule has 3 N–H and O–H groups in total. The van der Waals surface area contributed by atoms with Crippen LogP contribution in [0.15, 0.2) is 30.0 Å². The molecule has 0 fully saturated rings. The van der Waals surface area contributed by atoms with E-state index in [4.69, 9.17) is 5.41 Å². The number of hydrogen-bond donors (Lipinski definition) is 3. The molecule has 1 aliphatic heterocycles. The van der Waals surface area contributed by atoms with Crippen molar-refractivity contribution in [3.05, 3.63) is 35.8 Å². The highest BCUT2D eigenvalue weighted by molar-refractivity contribution is 6.23. The summed E-state index contributed by atoms with van der Waals surface area (Å²) in [5.41, 5.74) is 2.27. The Morgan fingerprint density at radius 2 is 2.04 bits per heavy atom. The van der Waals surface area contributed by atoms with E-state index in [1.807, 2.05) is 29.2 Å². The summed E-state index contributed by atoms with van der Waals surface area (Å²) in [7, 11) is 0. The van der Waals surface area contributed by atoms with Crippen LogP contribution in [0.2, 0.25) is 0 Å². The number of aliphatic hydroxyl groups is 1. The molecular weight excluding hydrogens is 290 g/mol. The number of fused-ring (bicyclic) bond motifs is 1. The van der Waals surface area contributed by atoms with E-state index < -0.39 is 0 Å². The lowest BCUT2D eigenvalue weighted by Crippen LogP contribution is -2.36. The highest BCUT2D eigenvalue weighted by Crippen LogP contribution is 2.26. The summed E-state index contributed by atoms with van der Waals surface area (Å²) in [5.74, 6) is 1.13. The van der Waals surface area contributed by atoms with Gasteiger partial charge in [-0.2, -0.15) is 0 Å². The molecule has 0 radical (unpaired) electrons. The lowest BCUT2D eigenvalue weighted by molar-refractivity contribution is 0.265. The van der Waals surface area contributed by atoms with E-state index in [0.29, 0.717) is 23.8 Å². The van der Waals surface area contributed by atoms with Crippen molar-refractivity contribution in [3.8, 4) is 0 Å². The number of imidazole rings is 1. The first-order chi connectivity index (χ1) is 11.1. The van der Waals surface area contributed by atoms with Gasteiger partial charge in [-0.3, -0.25) is 5.41 Å². The zero-order chi connectivity index (χ0) is 16.4. The van der Waals surface area contributed by atoms with Crippen LogP contribution in [0.1, 0.15) is 19.7 Å². The van der Waals surface area contributed by atoms with Crippen molar-refractivity contribution in [2.24, 2.45) is 0 Å². The number of rotatable bonds is 6. The van der Waals surface area contributed by atoms with E-state index >= 15 is 0 Å². The number of benzene rings is 1. The molecule has 6 heteroatoms. The molecule has 0 aliphatic carbocycles. The summed E-state index contributed by atoms with van der Waals surface area (Å²) in [4.78, 5) is 11.9. The number of hydrogen-bond acceptors (Lipinski definition) is 4. The van der Waals surface area contributed by atoms with Crippen LogP contribution in [0.5, 0.6) is 0 Å². The summed E-state index contributed by atoms with van der Waals surface area (Å²) in [6.07, 6.45) is 0. The first kappa shape index (κ1) is 15.6. The molecule has 3 rings (SSSR count). The fraction of sp³-hybridized carbons (Fsp3) is 0.412. The number of para-hydroxylation sites is 2. The van der Waals surface area contributed by atoms with E-state index in [-0.39, 0.29) is 5.76 Å². The number of aromatic amines is 1. The van der Waals surface area contributed by atoms with Crippen molar-refractivity contribution < 1.29 is 5.11 Å². The average molecular weight is 313 g/mol. The predicted octanol–water partition coefficient (Wildman–Crippen LogP) is 2.47. The molecule has 23 heavy (non-hydrogen) atoms. The number of H-pyrrole nitrogens is 1. The largest absolute Gasteiger partial charge is 0.510 e. The maximum atomic E-state index is 10.3. The highest BCUT2D eigenvalue weighted by Gasteiger charge is 2.30. The summed E-state index contributed by atoms with van der Waals surface area (Å²) < 4.78 is 0. The van der Waals surface area contributed by atoms with Gasteiger partial charge in [-0.15, -0.1) is 0 Å². The minimum absolute atomic E-state index is 0.216. The topological polar surface area (TPSA) is 79.2 Å². The molecule has 1 aromatic heterocycles. The number of nitrogens with zero attached hydrogens (tertiary/aromatic N) is 3. The first-order valence-electron chi connectivity index (χ1n) is 8.07. The van der Waals surface area contributed by atoms with E-state index in [0.717, 1.165) is 37.2 Å². The van der Waals surface area contributed by atoms with Crippen LogP contribution in [-0.4, -0.2) is 63.4 Å². The van der Waals surface area contributed by atoms with Gasteiger partial charge in [0.25, 0.3) is 0 Å². The molecule has 0 spiro atoms. The smallest absolute Gasteiger partial charge is 0.145 e. The van der Waals surface area contributed by atoms with Crippen molar-refractivity contribution in [1.82, 2.24) is 19.8 Å². The Bertz CT molecular complexity index is 711. The van der Waals surface area contributed by atoms with Crippen LogP contribution >= 0.6 is 0 Å². The number of aliphatic hydroxyl groups excluding tert-OH is 1. The fourth-order valence-electron chi connectivity index (χ4n) is 2.95. The average Bonchev–Trinajstić information content (AvgIpc) is 3.09. The van der Waals surface area contributed by atoms with Crippen LogP contribution < -0.4 is 0 Å². The van der Waals surface area contributed by atoms with Gasteiger partial charge < -0.3 is 19.9 Å². The fourth-order valence-corrected chi connectivity index (χ4v) is 2.95. The summed E-state index contributed by atoms with van der Waals surface area (Å²) in [5, 5.41) is 18.7. The van der Waals surface area contributed by atoms with Crippen molar-refractivity contribution in [2.45, 2.75) is 13.8 Å². The highest BCUT2D eigenvalue weighted by atomic mass is 16.3. The molecule has 122 valence electrons. The molecule has 2 heterocycles. The second kappa shape index (κ2) is 6.42. The van der Waals surface area contributed by atoms with Crippen LogP contribution in [-0.2, 0) is 0 Å². The molecule has 0 saturated heterocycles. The van der Waals surface area contributed by atoms with Crippen LogP contribution in [0.3, 0.4) is 0 Å². The standard InChI is InChI=1S/C17H23N5O/c1-3-21(4-2)9-10-22-11-14(23)15(16(22)18)17-19-12-7-5-6-8-13(12)20-17/h5-8,18,23H,3-4,9-11H2,1-2H3,(H,19,20). The van der Waals surface area contributed by atoms with Crippen molar-refractivity contribution in [1.29, 1.82) is 5.41 Å². The molecule has 1 aliphatic rings. The summed E-state index contributed by atoms with van der Waals surface area (Å²) in [6.45, 7) is 8.25. The number of aromatic nitrogens is 2. The predicted molar refractivity (Wildman–Crippen MR) is 92.7 cm³/mol. The molecule has 0 unspecified atom stereocenters. The minimum atomic E-state index is 0.216. The molecule has 2 aromatic rings. The molecule has 6 nitrogen and oxygen atoms in total. The molecule has 0 amide bonds. The normalized spacial score (nSPS) is 15.4. The van der Waals surface area contributed by atoms with Crippen molar-refractivity contribution in [2.75, 3.05) is 32.7 Å². The lowest BCUT2D eigenvalue weighted by atomic mass is 10.2. The third-order valence-electron chi connectivity index (χ3n) is 4.39. The zero-order valence-electron chi connectivity index (χ0n) is 13.6. The van der Waals surface area contributed by atoms with E-state index in [2.05, 4.69) is 28.7 Å². The Labute approximate surface area is 135 Å². The number of nitrogens with one attached hydrogen (secondary N) is 2. The SMILES string of the molecule is CCN(CC)CCN1CC(O)=C(c2nc3ccccc3[nH]2)C1=N. The monoisotopic (exact) mass is 313 g/mol. The van der Waals surface area contributed by atoms with Gasteiger partial charge in [0.15, 0.2) is 0 Å². The van der Waals surface area contributed by atoms with Crippen molar-refractivity contribution >= 4 is 22.4 Å². The molecule has 0 atom stereocenters. The van der Waals surface area contributed by atoms with Crippen LogP contribution in [0, 0.1) is 5.41 Å².